The van der Waals surface area contributed by atoms with E-state index in [4.69, 9.17) is 9.97 Å². The summed E-state index contributed by atoms with van der Waals surface area (Å²) >= 11 is 3.78. The fraction of sp³-hybridized carbons (Fsp3) is 0. The van der Waals surface area contributed by atoms with Crippen LogP contribution in [0.25, 0.3) is 101 Å². The molecule has 4 heterocycles. The number of aromatic nitrogens is 3. The molecule has 0 saturated carbocycles. The molecule has 11 aromatic rings. The molecule has 5 heteroatoms. The SMILES string of the molecule is c1ccc(-c2cc3c(-c4ccccc4)nc(-n4c5ccccc5c5ccc6c7sc8ccccc8c7sc6c54)nc3c3ccccc23)cc1. The molecule has 0 fully saturated rings. The van der Waals surface area contributed by atoms with Gasteiger partial charge in [0.1, 0.15) is 0 Å². The largest absolute Gasteiger partial charge is 0.276 e. The number of fused-ring (bicyclic) bond motifs is 12. The van der Waals surface area contributed by atoms with Crippen LogP contribution in [0.3, 0.4) is 0 Å². The third-order valence-electron chi connectivity index (χ3n) is 9.82. The van der Waals surface area contributed by atoms with Crippen LogP contribution < -0.4 is 0 Å². The standard InChI is InChI=1S/C44H25N3S2/c1-3-13-26(14-4-1)34-25-35-38(27-15-5-2-6-16-27)45-44(46-39(35)30-19-8-7-17-28(30)34)47-36-21-11-9-18-29(36)31-23-24-33-41(40(31)47)49-42-32-20-10-12-22-37(32)48-43(33)42/h1-25H. The van der Waals surface area contributed by atoms with E-state index >= 15 is 0 Å². The molecule has 0 amide bonds. The van der Waals surface area contributed by atoms with Crippen molar-refractivity contribution >= 4 is 95.7 Å². The minimum atomic E-state index is 0.685. The van der Waals surface area contributed by atoms with Crippen molar-refractivity contribution in [2.24, 2.45) is 0 Å². The van der Waals surface area contributed by atoms with Gasteiger partial charge in [-0.2, -0.15) is 0 Å². The van der Waals surface area contributed by atoms with Gasteiger partial charge >= 0.3 is 0 Å². The predicted molar refractivity (Wildman–Crippen MR) is 211 cm³/mol. The third-order valence-corrected chi connectivity index (χ3v) is 12.4. The molecule has 4 aromatic heterocycles. The van der Waals surface area contributed by atoms with Gasteiger partial charge in [0.05, 0.1) is 36.3 Å². The van der Waals surface area contributed by atoms with Crippen LogP contribution in [0.5, 0.6) is 0 Å². The average molecular weight is 660 g/mol. The van der Waals surface area contributed by atoms with Crippen LogP contribution in [0.4, 0.5) is 0 Å². The second kappa shape index (κ2) is 10.3. The van der Waals surface area contributed by atoms with E-state index in [2.05, 4.69) is 156 Å². The monoisotopic (exact) mass is 659 g/mol. The van der Waals surface area contributed by atoms with Gasteiger partial charge in [0.25, 0.3) is 0 Å². The summed E-state index contributed by atoms with van der Waals surface area (Å²) < 4.78 is 7.63. The van der Waals surface area contributed by atoms with Crippen molar-refractivity contribution in [2.75, 3.05) is 0 Å². The number of nitrogens with zero attached hydrogens (tertiary/aromatic N) is 3. The van der Waals surface area contributed by atoms with Crippen LogP contribution in [0, 0.1) is 0 Å². The summed E-state index contributed by atoms with van der Waals surface area (Å²) in [6.07, 6.45) is 0. The number of para-hydroxylation sites is 1. The van der Waals surface area contributed by atoms with E-state index < -0.39 is 0 Å². The Balaban J connectivity index is 1.31. The van der Waals surface area contributed by atoms with Crippen molar-refractivity contribution in [3.8, 4) is 28.3 Å². The van der Waals surface area contributed by atoms with Gasteiger partial charge in [-0.1, -0.05) is 133 Å². The Kier molecular flexibility index (Phi) is 5.70. The molecule has 11 rings (SSSR count). The lowest BCUT2D eigenvalue weighted by atomic mass is 9.94. The molecule has 0 bridgehead atoms. The highest BCUT2D eigenvalue weighted by molar-refractivity contribution is 7.37. The Bertz CT molecular complexity index is 3100. The quantitative estimate of drug-likeness (QED) is 0.177. The summed E-state index contributed by atoms with van der Waals surface area (Å²) in [6.45, 7) is 0. The Hall–Kier alpha value is -5.88. The maximum atomic E-state index is 5.52. The van der Waals surface area contributed by atoms with Gasteiger partial charge in [0, 0.05) is 42.6 Å². The molecule has 49 heavy (non-hydrogen) atoms. The van der Waals surface area contributed by atoms with Crippen molar-refractivity contribution in [2.45, 2.75) is 0 Å². The molecule has 3 nitrogen and oxygen atoms in total. The van der Waals surface area contributed by atoms with Crippen molar-refractivity contribution < 1.29 is 0 Å². The third kappa shape index (κ3) is 3.88. The summed E-state index contributed by atoms with van der Waals surface area (Å²) in [4.78, 5) is 11.0. The van der Waals surface area contributed by atoms with E-state index in [9.17, 15) is 0 Å². The van der Waals surface area contributed by atoms with Gasteiger partial charge in [0.2, 0.25) is 5.95 Å². The van der Waals surface area contributed by atoms with E-state index in [1.165, 1.54) is 62.4 Å². The molecule has 0 N–H and O–H groups in total. The summed E-state index contributed by atoms with van der Waals surface area (Å²) in [6, 6.07) is 54.2. The molecule has 0 saturated heterocycles. The second-order valence-corrected chi connectivity index (χ2v) is 14.6. The first kappa shape index (κ1) is 27.1. The van der Waals surface area contributed by atoms with Gasteiger partial charge in [0.15, 0.2) is 0 Å². The van der Waals surface area contributed by atoms with Gasteiger partial charge < -0.3 is 0 Å². The Labute approximate surface area is 289 Å². The van der Waals surface area contributed by atoms with Crippen LogP contribution in [-0.4, -0.2) is 14.5 Å². The molecule has 0 aliphatic carbocycles. The minimum Gasteiger partial charge on any atom is -0.276 e. The normalized spacial score (nSPS) is 12.1. The number of hydrogen-bond acceptors (Lipinski definition) is 4. The second-order valence-electron chi connectivity index (χ2n) is 12.5. The van der Waals surface area contributed by atoms with Crippen LogP contribution in [0.15, 0.2) is 152 Å². The first-order valence-corrected chi connectivity index (χ1v) is 18.1. The van der Waals surface area contributed by atoms with E-state index in [1.54, 1.807) is 0 Å². The van der Waals surface area contributed by atoms with E-state index in [1.807, 2.05) is 22.7 Å². The summed E-state index contributed by atoms with van der Waals surface area (Å²) in [5.41, 5.74) is 7.59. The maximum absolute atomic E-state index is 5.52. The molecule has 7 aromatic carbocycles. The van der Waals surface area contributed by atoms with Crippen molar-refractivity contribution in [1.82, 2.24) is 14.5 Å². The van der Waals surface area contributed by atoms with Crippen LogP contribution in [-0.2, 0) is 0 Å². The maximum Gasteiger partial charge on any atom is 0.235 e. The zero-order valence-electron chi connectivity index (χ0n) is 26.1. The van der Waals surface area contributed by atoms with Gasteiger partial charge in [-0.05, 0) is 34.7 Å². The first-order chi connectivity index (χ1) is 24.3. The smallest absolute Gasteiger partial charge is 0.235 e. The number of hydrogen-bond donors (Lipinski definition) is 0. The molecule has 0 radical (unpaired) electrons. The lowest BCUT2D eigenvalue weighted by molar-refractivity contribution is 1.02. The highest BCUT2D eigenvalue weighted by Crippen LogP contribution is 2.48. The summed E-state index contributed by atoms with van der Waals surface area (Å²) in [5, 5.41) is 8.38. The van der Waals surface area contributed by atoms with Crippen molar-refractivity contribution in [3.05, 3.63) is 152 Å². The number of rotatable bonds is 3. The van der Waals surface area contributed by atoms with Gasteiger partial charge in [-0.25, -0.2) is 9.97 Å². The van der Waals surface area contributed by atoms with Crippen LogP contribution >= 0.6 is 22.7 Å². The highest BCUT2D eigenvalue weighted by Gasteiger charge is 2.23. The molecule has 228 valence electrons. The predicted octanol–water partition coefficient (Wildman–Crippen LogP) is 12.8. The topological polar surface area (TPSA) is 30.7 Å². The zero-order chi connectivity index (χ0) is 32.1. The van der Waals surface area contributed by atoms with E-state index in [-0.39, 0.29) is 0 Å². The molecule has 0 aliphatic heterocycles. The molecular formula is C44H25N3S2. The average Bonchev–Trinajstić information content (AvgIpc) is 3.83. The lowest BCUT2D eigenvalue weighted by Gasteiger charge is -2.16. The van der Waals surface area contributed by atoms with Crippen molar-refractivity contribution in [1.29, 1.82) is 0 Å². The van der Waals surface area contributed by atoms with Crippen LogP contribution in [0.2, 0.25) is 0 Å². The number of thiophene rings is 2. The van der Waals surface area contributed by atoms with Crippen LogP contribution in [0.1, 0.15) is 0 Å². The molecule has 0 aliphatic rings. The Morgan fingerprint density at radius 1 is 0.429 bits per heavy atom. The zero-order valence-corrected chi connectivity index (χ0v) is 27.7. The first-order valence-electron chi connectivity index (χ1n) is 16.4. The Morgan fingerprint density at radius 2 is 1.06 bits per heavy atom. The highest BCUT2D eigenvalue weighted by atomic mass is 32.1. The Morgan fingerprint density at radius 3 is 1.88 bits per heavy atom. The summed E-state index contributed by atoms with van der Waals surface area (Å²) in [7, 11) is 0. The minimum absolute atomic E-state index is 0.685. The van der Waals surface area contributed by atoms with E-state index in [0.717, 1.165) is 33.1 Å². The van der Waals surface area contributed by atoms with Gasteiger partial charge in [-0.3, -0.25) is 4.57 Å². The molecule has 0 unspecified atom stereocenters. The summed E-state index contributed by atoms with van der Waals surface area (Å²) in [5.74, 6) is 0.685. The lowest BCUT2D eigenvalue weighted by Crippen LogP contribution is -2.04. The van der Waals surface area contributed by atoms with E-state index in [0.29, 0.717) is 5.95 Å². The molecular weight excluding hydrogens is 635 g/mol. The fourth-order valence-electron chi connectivity index (χ4n) is 7.64. The number of benzene rings is 7. The fourth-order valence-corrected chi connectivity index (χ4v) is 10.4. The molecule has 0 atom stereocenters. The molecule has 0 spiro atoms. The van der Waals surface area contributed by atoms with Crippen molar-refractivity contribution in [3.63, 3.8) is 0 Å². The van der Waals surface area contributed by atoms with Gasteiger partial charge in [-0.15, -0.1) is 22.7 Å².